The molecular formula is C8H8Cl3NO2S. The summed E-state index contributed by atoms with van der Waals surface area (Å²) in [5.41, 5.74) is 0. The molecule has 0 atom stereocenters. The van der Waals surface area contributed by atoms with E-state index < -0.39 is 10.0 Å². The highest BCUT2D eigenvalue weighted by molar-refractivity contribution is 7.89. The molecule has 0 aliphatic carbocycles. The number of sulfonamides is 1. The van der Waals surface area contributed by atoms with Crippen LogP contribution in [0.1, 0.15) is 6.92 Å². The van der Waals surface area contributed by atoms with Crippen LogP contribution in [0.15, 0.2) is 17.0 Å². The van der Waals surface area contributed by atoms with Gasteiger partial charge in [0.2, 0.25) is 10.0 Å². The summed E-state index contributed by atoms with van der Waals surface area (Å²) in [4.78, 5) is -0.142. The highest BCUT2D eigenvalue weighted by atomic mass is 35.5. The highest BCUT2D eigenvalue weighted by Crippen LogP contribution is 2.32. The molecule has 0 amide bonds. The van der Waals surface area contributed by atoms with Crippen LogP contribution in [-0.2, 0) is 10.0 Å². The third-order valence-corrected chi connectivity index (χ3v) is 4.25. The summed E-state index contributed by atoms with van der Waals surface area (Å²) >= 11 is 17.2. The van der Waals surface area contributed by atoms with Crippen LogP contribution in [0.3, 0.4) is 0 Å². The van der Waals surface area contributed by atoms with Crippen LogP contribution < -0.4 is 4.72 Å². The van der Waals surface area contributed by atoms with Crippen molar-refractivity contribution in [3.05, 3.63) is 27.2 Å². The van der Waals surface area contributed by atoms with Gasteiger partial charge < -0.3 is 0 Å². The lowest BCUT2D eigenvalue weighted by molar-refractivity contribution is 0.584. The maximum atomic E-state index is 11.7. The van der Waals surface area contributed by atoms with Gasteiger partial charge in [-0.1, -0.05) is 41.7 Å². The fraction of sp³-hybridized carbons (Fsp3) is 0.250. The average molecular weight is 289 g/mol. The van der Waals surface area contributed by atoms with Gasteiger partial charge in [-0.3, -0.25) is 0 Å². The second-order valence-electron chi connectivity index (χ2n) is 2.70. The summed E-state index contributed by atoms with van der Waals surface area (Å²) in [5, 5.41) is 0.308. The zero-order chi connectivity index (χ0) is 11.6. The van der Waals surface area contributed by atoms with Crippen molar-refractivity contribution in [1.29, 1.82) is 0 Å². The molecule has 0 bridgehead atoms. The Bertz CT molecular complexity index is 450. The summed E-state index contributed by atoms with van der Waals surface area (Å²) in [6, 6.07) is 2.67. The van der Waals surface area contributed by atoms with Crippen LogP contribution in [0.5, 0.6) is 0 Å². The van der Waals surface area contributed by atoms with E-state index in [9.17, 15) is 8.42 Å². The number of hydrogen-bond acceptors (Lipinski definition) is 2. The van der Waals surface area contributed by atoms with Crippen molar-refractivity contribution in [3.8, 4) is 0 Å². The number of halogens is 3. The molecule has 0 fully saturated rings. The van der Waals surface area contributed by atoms with E-state index in [1.807, 2.05) is 0 Å². The van der Waals surface area contributed by atoms with Crippen LogP contribution in [0.4, 0.5) is 0 Å². The molecule has 0 saturated heterocycles. The van der Waals surface area contributed by atoms with E-state index in [-0.39, 0.29) is 21.5 Å². The molecule has 0 saturated carbocycles. The molecule has 0 aliphatic heterocycles. The van der Waals surface area contributed by atoms with E-state index in [0.29, 0.717) is 5.02 Å². The van der Waals surface area contributed by atoms with E-state index in [2.05, 4.69) is 4.72 Å². The van der Waals surface area contributed by atoms with Crippen molar-refractivity contribution in [2.24, 2.45) is 0 Å². The Morgan fingerprint density at radius 1 is 1.20 bits per heavy atom. The third kappa shape index (κ3) is 2.98. The van der Waals surface area contributed by atoms with E-state index in [0.717, 1.165) is 0 Å². The molecule has 84 valence electrons. The molecule has 1 N–H and O–H groups in total. The molecule has 1 aromatic carbocycles. The number of rotatable bonds is 3. The van der Waals surface area contributed by atoms with E-state index in [1.54, 1.807) is 6.92 Å². The molecule has 0 spiro atoms. The van der Waals surface area contributed by atoms with Gasteiger partial charge in [0.25, 0.3) is 0 Å². The SMILES string of the molecule is CCNS(=O)(=O)c1c(Cl)cc(Cl)cc1Cl. The van der Waals surface area contributed by atoms with Crippen LogP contribution in [0.2, 0.25) is 15.1 Å². The van der Waals surface area contributed by atoms with Gasteiger partial charge in [0.15, 0.2) is 0 Å². The Labute approximate surface area is 103 Å². The minimum atomic E-state index is -3.66. The number of hydrogen-bond donors (Lipinski definition) is 1. The minimum absolute atomic E-state index is 0.00782. The second kappa shape index (κ2) is 4.89. The molecule has 15 heavy (non-hydrogen) atoms. The maximum absolute atomic E-state index is 11.7. The van der Waals surface area contributed by atoms with Gasteiger partial charge in [-0.05, 0) is 12.1 Å². The summed E-state index contributed by atoms with van der Waals surface area (Å²) in [5.74, 6) is 0. The van der Waals surface area contributed by atoms with Gasteiger partial charge in [0.05, 0.1) is 10.0 Å². The molecule has 1 rings (SSSR count). The Balaban J connectivity index is 3.38. The molecule has 0 unspecified atom stereocenters. The summed E-state index contributed by atoms with van der Waals surface area (Å²) in [6.45, 7) is 1.92. The topological polar surface area (TPSA) is 46.2 Å². The average Bonchev–Trinajstić information content (AvgIpc) is 1.99. The van der Waals surface area contributed by atoms with Crippen molar-refractivity contribution in [2.45, 2.75) is 11.8 Å². The largest absolute Gasteiger partial charge is 0.243 e. The Morgan fingerprint density at radius 3 is 2.07 bits per heavy atom. The van der Waals surface area contributed by atoms with Crippen molar-refractivity contribution < 1.29 is 8.42 Å². The standard InChI is InChI=1S/C8H8Cl3NO2S/c1-2-12-15(13,14)8-6(10)3-5(9)4-7(8)11/h3-4,12H,2H2,1H3. The maximum Gasteiger partial charge on any atom is 0.243 e. The van der Waals surface area contributed by atoms with Gasteiger partial charge in [-0.2, -0.15) is 0 Å². The first-order valence-corrected chi connectivity index (χ1v) is 6.64. The molecule has 3 nitrogen and oxygen atoms in total. The minimum Gasteiger partial charge on any atom is -0.211 e. The molecular weight excluding hydrogens is 281 g/mol. The van der Waals surface area contributed by atoms with Crippen LogP contribution in [0, 0.1) is 0 Å². The second-order valence-corrected chi connectivity index (χ2v) is 5.65. The van der Waals surface area contributed by atoms with Crippen molar-refractivity contribution in [1.82, 2.24) is 4.72 Å². The van der Waals surface area contributed by atoms with Gasteiger partial charge >= 0.3 is 0 Å². The van der Waals surface area contributed by atoms with Crippen molar-refractivity contribution in [3.63, 3.8) is 0 Å². The Morgan fingerprint density at radius 2 is 1.67 bits per heavy atom. The van der Waals surface area contributed by atoms with Gasteiger partial charge in [-0.15, -0.1) is 0 Å². The van der Waals surface area contributed by atoms with Crippen molar-refractivity contribution in [2.75, 3.05) is 6.54 Å². The zero-order valence-corrected chi connectivity index (χ0v) is 10.8. The molecule has 0 aliphatic rings. The first kappa shape index (κ1) is 13.1. The predicted octanol–water partition coefficient (Wildman–Crippen LogP) is 2.95. The van der Waals surface area contributed by atoms with Crippen LogP contribution in [-0.4, -0.2) is 15.0 Å². The van der Waals surface area contributed by atoms with Gasteiger partial charge in [-0.25, -0.2) is 13.1 Å². The van der Waals surface area contributed by atoms with Gasteiger partial charge in [0.1, 0.15) is 4.90 Å². The fourth-order valence-corrected chi connectivity index (χ4v) is 3.63. The third-order valence-electron chi connectivity index (χ3n) is 1.57. The smallest absolute Gasteiger partial charge is 0.211 e. The first-order valence-electron chi connectivity index (χ1n) is 4.02. The van der Waals surface area contributed by atoms with Crippen LogP contribution >= 0.6 is 34.8 Å². The Hall–Kier alpha value is -0.000000000000000111. The molecule has 0 heterocycles. The quantitative estimate of drug-likeness (QED) is 0.929. The summed E-state index contributed by atoms with van der Waals surface area (Å²) in [7, 11) is -3.66. The number of nitrogens with one attached hydrogen (secondary N) is 1. The predicted molar refractivity (Wildman–Crippen MR) is 62.3 cm³/mol. The lowest BCUT2D eigenvalue weighted by atomic mass is 10.4. The van der Waals surface area contributed by atoms with Gasteiger partial charge in [0, 0.05) is 11.6 Å². The molecule has 0 radical (unpaired) electrons. The Kier molecular flexibility index (Phi) is 4.26. The fourth-order valence-electron chi connectivity index (χ4n) is 1.05. The first-order chi connectivity index (χ1) is 6.88. The van der Waals surface area contributed by atoms with Crippen molar-refractivity contribution >= 4 is 44.8 Å². The summed E-state index contributed by atoms with van der Waals surface area (Å²) in [6.07, 6.45) is 0. The monoisotopic (exact) mass is 287 g/mol. The van der Waals surface area contributed by atoms with Crippen LogP contribution in [0.25, 0.3) is 0 Å². The normalized spacial score (nSPS) is 11.7. The molecule has 1 aromatic rings. The molecule has 7 heteroatoms. The van der Waals surface area contributed by atoms with E-state index in [1.165, 1.54) is 12.1 Å². The molecule has 0 aromatic heterocycles. The zero-order valence-electron chi connectivity index (χ0n) is 7.72. The number of benzene rings is 1. The summed E-state index contributed by atoms with van der Waals surface area (Å²) < 4.78 is 25.6. The van der Waals surface area contributed by atoms with E-state index >= 15 is 0 Å². The lowest BCUT2D eigenvalue weighted by Gasteiger charge is -2.08. The lowest BCUT2D eigenvalue weighted by Crippen LogP contribution is -2.23. The highest BCUT2D eigenvalue weighted by Gasteiger charge is 2.21. The van der Waals surface area contributed by atoms with E-state index in [4.69, 9.17) is 34.8 Å².